The fraction of sp³-hybridized carbons (Fsp3) is 0.300. The molecule has 0 bridgehead atoms. The third-order valence-corrected chi connectivity index (χ3v) is 21.8. The molecule has 98 heavy (non-hydrogen) atoms. The van der Waals surface area contributed by atoms with Gasteiger partial charge in [-0.15, -0.1) is 18.2 Å². The summed E-state index contributed by atoms with van der Waals surface area (Å²) in [6.45, 7) is 39.1. The van der Waals surface area contributed by atoms with Gasteiger partial charge in [-0.25, -0.2) is 0 Å². The van der Waals surface area contributed by atoms with Gasteiger partial charge < -0.3 is 14.7 Å². The molecule has 4 unspecified atom stereocenters. The van der Waals surface area contributed by atoms with E-state index in [-0.39, 0.29) is 22.2 Å². The van der Waals surface area contributed by atoms with Crippen molar-refractivity contribution in [2.24, 2.45) is 5.92 Å². The van der Waals surface area contributed by atoms with Gasteiger partial charge in [-0.3, -0.25) is 0 Å². The van der Waals surface area contributed by atoms with E-state index in [0.717, 1.165) is 56.6 Å². The van der Waals surface area contributed by atoms with Crippen molar-refractivity contribution >= 4 is 129 Å². The van der Waals surface area contributed by atoms with Gasteiger partial charge in [0.1, 0.15) is 21.1 Å². The molecule has 0 saturated carbocycles. The highest BCUT2D eigenvalue weighted by Gasteiger charge is 2.52. The summed E-state index contributed by atoms with van der Waals surface area (Å²) in [4.78, 5) is 7.11. The van der Waals surface area contributed by atoms with Gasteiger partial charge in [-0.2, -0.15) is 13.7 Å². The number of hydrogen-bond acceptors (Lipinski definition) is 3. The molecule has 8 heteroatoms. The topological polar surface area (TPSA) is 18.8 Å². The van der Waals surface area contributed by atoms with Gasteiger partial charge in [0.2, 0.25) is 17.1 Å². The first-order chi connectivity index (χ1) is 47.3. The van der Waals surface area contributed by atoms with Crippen LogP contribution in [0.1, 0.15) is 122 Å². The Morgan fingerprint density at radius 1 is 0.449 bits per heavy atom. The highest BCUT2D eigenvalue weighted by Crippen LogP contribution is 2.51. The Balaban J connectivity index is 0.000000159. The molecule has 9 aromatic carbocycles. The average Bonchev–Trinajstić information content (AvgIpc) is 1.58. The highest BCUT2D eigenvalue weighted by molar-refractivity contribution is 9.11. The second-order valence-corrected chi connectivity index (χ2v) is 28.6. The summed E-state index contributed by atoms with van der Waals surface area (Å²) in [5, 5.41) is 7.81. The van der Waals surface area contributed by atoms with Crippen LogP contribution in [0.5, 0.6) is 0 Å². The molecule has 0 fully saturated rings. The Morgan fingerprint density at radius 3 is 1.12 bits per heavy atom. The number of anilines is 3. The summed E-state index contributed by atoms with van der Waals surface area (Å²) in [6, 6.07) is 66.2. The number of alkyl halides is 1. The molecule has 0 radical (unpaired) electrons. The van der Waals surface area contributed by atoms with Crippen molar-refractivity contribution in [3.63, 3.8) is 0 Å². The SMILES string of the molecule is C=C(Br)CC1(C)C(/C=C/c2ccc(N(CC)CC)cc2)=[N+](C)c2ccc3ccccc3c21.C=CC(CCl)C1(C)C(/C=C/c2ccc(N(CC)CC)cc2)=[N+](C)c2ccc3ccccc3c21.CCN(CC)c1ccc(/C=C/C2=[N+](C)c3ccc4ccccc4c3C2(C)CC=C(C)C)cc1. The van der Waals surface area contributed by atoms with Crippen LogP contribution in [0, 0.1) is 5.92 Å². The molecular weight excluding hydrogens is 1280 g/mol. The molecule has 9 aromatic rings. The largest absolute Gasteiger partial charge is 0.372 e. The fourth-order valence-corrected chi connectivity index (χ4v) is 16.7. The van der Waals surface area contributed by atoms with E-state index in [1.807, 2.05) is 6.08 Å². The minimum absolute atomic E-state index is 0.0835. The number of fused-ring (bicyclic) bond motifs is 9. The zero-order valence-electron chi connectivity index (χ0n) is 60.7. The lowest BCUT2D eigenvalue weighted by Gasteiger charge is -2.30. The van der Waals surface area contributed by atoms with Gasteiger partial charge in [0.25, 0.3) is 0 Å². The minimum atomic E-state index is -0.272. The number of allylic oxidation sites excluding steroid dienone is 7. The molecule has 0 spiro atoms. The maximum atomic E-state index is 6.53. The molecule has 0 aliphatic carbocycles. The molecule has 0 saturated heterocycles. The molecule has 3 aliphatic rings. The lowest BCUT2D eigenvalue weighted by atomic mass is 9.68. The van der Waals surface area contributed by atoms with Crippen LogP contribution >= 0.6 is 27.5 Å². The fourth-order valence-electron chi connectivity index (χ4n) is 15.7. The molecule has 6 nitrogen and oxygen atoms in total. The van der Waals surface area contributed by atoms with Crippen LogP contribution < -0.4 is 14.7 Å². The lowest BCUT2D eigenvalue weighted by molar-refractivity contribution is -0.401. The second kappa shape index (κ2) is 31.5. The Labute approximate surface area is 600 Å². The normalized spacial score (nSPS) is 18.1. The Morgan fingerprint density at radius 2 is 0.776 bits per heavy atom. The number of hydrogen-bond donors (Lipinski definition) is 0. The summed E-state index contributed by atoms with van der Waals surface area (Å²) < 4.78 is 8.08. The maximum absolute atomic E-state index is 6.53. The van der Waals surface area contributed by atoms with E-state index < -0.39 is 0 Å². The van der Waals surface area contributed by atoms with Gasteiger partial charge in [0.15, 0.2) is 17.1 Å². The number of nitrogens with zero attached hydrogens (tertiary/aromatic N) is 6. The third kappa shape index (κ3) is 14.3. The monoisotopic (exact) mass is 1380 g/mol. The maximum Gasteiger partial charge on any atom is 0.210 e. The van der Waals surface area contributed by atoms with Gasteiger partial charge in [-0.05, 0) is 215 Å². The van der Waals surface area contributed by atoms with Gasteiger partial charge >= 0.3 is 0 Å². The van der Waals surface area contributed by atoms with E-state index >= 15 is 0 Å². The summed E-state index contributed by atoms with van der Waals surface area (Å²) in [7, 11) is 6.56. The van der Waals surface area contributed by atoms with Crippen LogP contribution in [-0.2, 0) is 16.2 Å². The smallest absolute Gasteiger partial charge is 0.210 e. The van der Waals surface area contributed by atoms with Crippen LogP contribution in [-0.4, -0.2) is 97.2 Å². The van der Waals surface area contributed by atoms with E-state index in [1.165, 1.54) is 123 Å². The summed E-state index contributed by atoms with van der Waals surface area (Å²) >= 11 is 10.2. The number of halogens is 2. The van der Waals surface area contributed by atoms with Gasteiger partial charge in [-0.1, -0.05) is 149 Å². The van der Waals surface area contributed by atoms with Crippen molar-refractivity contribution in [3.05, 3.63) is 269 Å². The Kier molecular flexibility index (Phi) is 23.2. The predicted molar refractivity (Wildman–Crippen MR) is 435 cm³/mol. The third-order valence-electron chi connectivity index (χ3n) is 21.2. The lowest BCUT2D eigenvalue weighted by Crippen LogP contribution is -2.39. The average molecular weight is 1380 g/mol. The molecule has 0 aromatic heterocycles. The first kappa shape index (κ1) is 72.1. The molecule has 3 heterocycles. The molecule has 4 atom stereocenters. The van der Waals surface area contributed by atoms with Crippen molar-refractivity contribution < 1.29 is 13.7 Å². The molecule has 0 N–H and O–H groups in total. The zero-order valence-corrected chi connectivity index (χ0v) is 63.1. The van der Waals surface area contributed by atoms with Crippen LogP contribution in [0.4, 0.5) is 34.1 Å². The van der Waals surface area contributed by atoms with Gasteiger partial charge in [0, 0.05) is 121 Å². The quantitative estimate of drug-likeness (QED) is 0.0383. The number of rotatable bonds is 22. The van der Waals surface area contributed by atoms with Crippen molar-refractivity contribution in [1.29, 1.82) is 0 Å². The molecule has 504 valence electrons. The molecule has 3 aliphatic heterocycles. The Hall–Kier alpha value is -8.62. The van der Waals surface area contributed by atoms with Crippen molar-refractivity contribution in [3.8, 4) is 0 Å². The van der Waals surface area contributed by atoms with Crippen LogP contribution in [0.2, 0.25) is 0 Å². The van der Waals surface area contributed by atoms with E-state index in [0.29, 0.717) is 5.88 Å². The van der Waals surface area contributed by atoms with Crippen molar-refractivity contribution in [1.82, 2.24) is 0 Å². The van der Waals surface area contributed by atoms with Gasteiger partial charge in [0.05, 0.1) is 16.2 Å². The molecule has 0 amide bonds. The predicted octanol–water partition coefficient (Wildman–Crippen LogP) is 22.9. The van der Waals surface area contributed by atoms with Crippen molar-refractivity contribution in [2.45, 2.75) is 105 Å². The Bertz CT molecular complexity index is 4600. The van der Waals surface area contributed by atoms with Crippen LogP contribution in [0.15, 0.2) is 236 Å². The van der Waals surface area contributed by atoms with E-state index in [4.69, 9.17) is 11.6 Å². The summed E-state index contributed by atoms with van der Waals surface area (Å²) in [5.74, 6) is 0.630. The molecule has 12 rings (SSSR count). The second-order valence-electron chi connectivity index (χ2n) is 27.2. The highest BCUT2D eigenvalue weighted by atomic mass is 79.9. The zero-order chi connectivity index (χ0) is 70.1. The summed E-state index contributed by atoms with van der Waals surface area (Å²) in [5.41, 5.74) is 20.2. The van der Waals surface area contributed by atoms with Crippen LogP contribution in [0.3, 0.4) is 0 Å². The minimum Gasteiger partial charge on any atom is -0.372 e. The van der Waals surface area contributed by atoms with Crippen LogP contribution in [0.25, 0.3) is 50.5 Å². The van der Waals surface area contributed by atoms with E-state index in [9.17, 15) is 0 Å². The van der Waals surface area contributed by atoms with E-state index in [1.54, 1.807) is 0 Å². The van der Waals surface area contributed by atoms with E-state index in [2.05, 4.69) is 379 Å². The first-order valence-electron chi connectivity index (χ1n) is 35.4. The molecular formula is C90H103BrClN6+3. The first-order valence-corrected chi connectivity index (χ1v) is 36.7. The summed E-state index contributed by atoms with van der Waals surface area (Å²) in [6.07, 6.45) is 19.9. The number of benzene rings is 9. The van der Waals surface area contributed by atoms with Crippen molar-refractivity contribution in [2.75, 3.05) is 81.0 Å². The standard InChI is InChI=1S/C31H37N2.C30H34ClN2.C29H32BrN2/c1-7-33(8-2)26-17-13-24(14-18-26)15-20-29-31(5,22-21-23(3)4)30-27-12-10-9-11-25(27)16-19-28(30)32(29)6;1-6-24(21-31)30(4)28(20-15-22-13-17-25(18-14-22)33(7-2)8-3)32(5)27-19-16-23-11-9-10-12-26(23)29(27)30;1-6-32(7-2)24-16-12-22(13-17-24)14-19-27-29(4,20-21(3)30)28-25-11-9-8-10-23(25)15-18-26(28)31(27)5/h9-21H,7-8,22H2,1-6H3;6,9-20,24H,1,7-8,21H2,2-5H3;8-19H,3,6-7,20H2,1-2,4-5H3/q3*+1.